The van der Waals surface area contributed by atoms with Gasteiger partial charge in [0.25, 0.3) is 5.91 Å². The van der Waals surface area contributed by atoms with Gasteiger partial charge in [-0.1, -0.05) is 42.5 Å². The van der Waals surface area contributed by atoms with Gasteiger partial charge in [-0.3, -0.25) is 4.79 Å². The maximum Gasteiger partial charge on any atom is 0.255 e. The second-order valence-electron chi connectivity index (χ2n) is 8.02. The number of hydrogen-bond donors (Lipinski definition) is 2. The maximum atomic E-state index is 12.8. The molecule has 1 fully saturated rings. The summed E-state index contributed by atoms with van der Waals surface area (Å²) >= 11 is 0. The average Bonchev–Trinajstić information content (AvgIpc) is 2.81. The third-order valence-electron chi connectivity index (χ3n) is 5.62. The number of piperidine rings is 1. The lowest BCUT2D eigenvalue weighted by Gasteiger charge is -2.30. The zero-order valence-corrected chi connectivity index (χ0v) is 17.9. The number of ether oxygens (including phenoxy) is 1. The number of carbonyl (C=O) groups excluding carboxylic acids is 1. The predicted octanol–water partition coefficient (Wildman–Crippen LogP) is 5.02. The first-order valence-electron chi connectivity index (χ1n) is 10.8. The molecule has 1 aliphatic rings. The Kier molecular flexibility index (Phi) is 6.85. The highest BCUT2D eigenvalue weighted by atomic mass is 16.5. The van der Waals surface area contributed by atoms with Gasteiger partial charge in [0.15, 0.2) is 0 Å². The molecule has 4 rings (SSSR count). The topological polar surface area (TPSA) is 53.6 Å². The maximum absolute atomic E-state index is 12.8. The summed E-state index contributed by atoms with van der Waals surface area (Å²) in [4.78, 5) is 15.2. The van der Waals surface area contributed by atoms with Crippen molar-refractivity contribution in [1.82, 2.24) is 4.90 Å². The van der Waals surface area contributed by atoms with Crippen LogP contribution in [0, 0.1) is 0 Å². The van der Waals surface area contributed by atoms with Crippen molar-refractivity contribution in [3.05, 3.63) is 90.0 Å². The Hall–Kier alpha value is -3.31. The Morgan fingerprint density at radius 1 is 0.903 bits per heavy atom. The van der Waals surface area contributed by atoms with Crippen LogP contribution >= 0.6 is 0 Å². The molecule has 0 spiro atoms. The van der Waals surface area contributed by atoms with Crippen molar-refractivity contribution < 1.29 is 9.53 Å². The van der Waals surface area contributed by atoms with E-state index in [-0.39, 0.29) is 5.91 Å². The van der Waals surface area contributed by atoms with E-state index >= 15 is 0 Å². The second kappa shape index (κ2) is 10.1. The number of anilines is 2. The number of nitrogens with one attached hydrogen (secondary N) is 2. The molecule has 160 valence electrons. The van der Waals surface area contributed by atoms with E-state index in [2.05, 4.69) is 22.6 Å². The van der Waals surface area contributed by atoms with Crippen LogP contribution in [0.5, 0.6) is 5.75 Å². The van der Waals surface area contributed by atoms with E-state index in [1.54, 1.807) is 0 Å². The van der Waals surface area contributed by atoms with Gasteiger partial charge >= 0.3 is 0 Å². The first-order chi connectivity index (χ1) is 15.2. The van der Waals surface area contributed by atoms with Crippen LogP contribution in [-0.2, 0) is 6.61 Å². The highest BCUT2D eigenvalue weighted by Crippen LogP contribution is 2.25. The summed E-state index contributed by atoms with van der Waals surface area (Å²) in [5.74, 6) is 0.714. The molecule has 3 aromatic rings. The Balaban J connectivity index is 1.36. The minimum absolute atomic E-state index is 0.117. The van der Waals surface area contributed by atoms with Crippen LogP contribution in [-0.4, -0.2) is 37.0 Å². The van der Waals surface area contributed by atoms with Crippen molar-refractivity contribution in [1.29, 1.82) is 0 Å². The normalized spacial score (nSPS) is 14.7. The molecule has 0 aliphatic carbocycles. The molecule has 31 heavy (non-hydrogen) atoms. The second-order valence-corrected chi connectivity index (χ2v) is 8.02. The molecule has 0 unspecified atom stereocenters. The van der Waals surface area contributed by atoms with Gasteiger partial charge in [0.05, 0.1) is 11.4 Å². The molecule has 0 radical (unpaired) electrons. The lowest BCUT2D eigenvalue weighted by molar-refractivity contribution is 0.102. The van der Waals surface area contributed by atoms with Gasteiger partial charge in [-0.15, -0.1) is 0 Å². The highest BCUT2D eigenvalue weighted by Gasteiger charge is 2.18. The fourth-order valence-electron chi connectivity index (χ4n) is 3.72. The van der Waals surface area contributed by atoms with E-state index in [9.17, 15) is 4.79 Å². The quantitative estimate of drug-likeness (QED) is 0.569. The van der Waals surface area contributed by atoms with Crippen molar-refractivity contribution in [2.24, 2.45) is 0 Å². The molecule has 1 amide bonds. The molecule has 0 atom stereocenters. The van der Waals surface area contributed by atoms with E-state index in [1.807, 2.05) is 78.9 Å². The minimum atomic E-state index is -0.117. The highest BCUT2D eigenvalue weighted by molar-refractivity contribution is 6.05. The molecule has 2 N–H and O–H groups in total. The Morgan fingerprint density at radius 2 is 1.55 bits per heavy atom. The van der Waals surface area contributed by atoms with Crippen LogP contribution in [0.25, 0.3) is 0 Å². The summed E-state index contributed by atoms with van der Waals surface area (Å²) in [6, 6.07) is 25.6. The van der Waals surface area contributed by atoms with E-state index in [1.165, 1.54) is 0 Å². The minimum Gasteiger partial charge on any atom is -0.489 e. The average molecular weight is 416 g/mol. The number of carbonyl (C=O) groups is 1. The molecule has 1 heterocycles. The molecule has 0 bridgehead atoms. The zero-order valence-electron chi connectivity index (χ0n) is 17.9. The fourth-order valence-corrected chi connectivity index (χ4v) is 3.72. The number of benzene rings is 3. The van der Waals surface area contributed by atoms with Gasteiger partial charge in [-0.25, -0.2) is 0 Å². The predicted molar refractivity (Wildman–Crippen MR) is 126 cm³/mol. The van der Waals surface area contributed by atoms with E-state index in [0.717, 1.165) is 48.6 Å². The van der Waals surface area contributed by atoms with Crippen molar-refractivity contribution in [3.63, 3.8) is 0 Å². The summed E-state index contributed by atoms with van der Waals surface area (Å²) in [6.45, 7) is 2.65. The van der Waals surface area contributed by atoms with Gasteiger partial charge in [0.1, 0.15) is 12.4 Å². The van der Waals surface area contributed by atoms with Crippen LogP contribution in [0.4, 0.5) is 11.4 Å². The van der Waals surface area contributed by atoms with Gasteiger partial charge in [0.2, 0.25) is 0 Å². The fraction of sp³-hybridized carbons (Fsp3) is 0.269. The van der Waals surface area contributed by atoms with Crippen LogP contribution in [0.1, 0.15) is 28.8 Å². The van der Waals surface area contributed by atoms with E-state index in [0.29, 0.717) is 18.2 Å². The molecular formula is C26H29N3O2. The van der Waals surface area contributed by atoms with Crippen molar-refractivity contribution in [3.8, 4) is 5.75 Å². The summed E-state index contributed by atoms with van der Waals surface area (Å²) < 4.78 is 5.77. The lowest BCUT2D eigenvalue weighted by Crippen LogP contribution is -2.36. The van der Waals surface area contributed by atoms with Gasteiger partial charge in [-0.05, 0) is 74.9 Å². The number of amides is 1. The zero-order chi connectivity index (χ0) is 21.5. The first-order valence-corrected chi connectivity index (χ1v) is 10.8. The first kappa shape index (κ1) is 20.9. The van der Waals surface area contributed by atoms with Crippen LogP contribution in [0.3, 0.4) is 0 Å². The summed E-state index contributed by atoms with van der Waals surface area (Å²) in [7, 11) is 2.16. The number of likely N-dealkylation sites (tertiary alicyclic amines) is 1. The van der Waals surface area contributed by atoms with Crippen LogP contribution in [0.15, 0.2) is 78.9 Å². The number of rotatable bonds is 7. The van der Waals surface area contributed by atoms with Crippen molar-refractivity contribution in [2.45, 2.75) is 25.5 Å². The lowest BCUT2D eigenvalue weighted by atomic mass is 10.0. The molecule has 0 aromatic heterocycles. The number of para-hydroxylation sites is 3. The summed E-state index contributed by atoms with van der Waals surface area (Å²) in [5.41, 5.74) is 3.42. The molecular weight excluding hydrogens is 386 g/mol. The standard InChI is InChI=1S/C26H29N3O2/c1-29-17-15-22(16-18-29)27-24-9-5-6-10-25(24)28-26(30)21-13-11-20(12-14-21)19-31-23-7-3-2-4-8-23/h2-14,22,27H,15-19H2,1H3,(H,28,30). The van der Waals surface area contributed by atoms with Gasteiger partial charge < -0.3 is 20.3 Å². The van der Waals surface area contributed by atoms with Crippen LogP contribution in [0.2, 0.25) is 0 Å². The molecule has 5 nitrogen and oxygen atoms in total. The SMILES string of the molecule is CN1CCC(Nc2ccccc2NC(=O)c2ccc(COc3ccccc3)cc2)CC1. The molecule has 0 saturated carbocycles. The Morgan fingerprint density at radius 3 is 2.26 bits per heavy atom. The van der Waals surface area contributed by atoms with Crippen molar-refractivity contribution >= 4 is 17.3 Å². The number of nitrogens with zero attached hydrogens (tertiary/aromatic N) is 1. The third-order valence-corrected chi connectivity index (χ3v) is 5.62. The van der Waals surface area contributed by atoms with E-state index in [4.69, 9.17) is 4.74 Å². The summed E-state index contributed by atoms with van der Waals surface area (Å²) in [5, 5.41) is 6.67. The van der Waals surface area contributed by atoms with Gasteiger partial charge in [-0.2, -0.15) is 0 Å². The Bertz CT molecular complexity index is 981. The molecule has 1 aliphatic heterocycles. The van der Waals surface area contributed by atoms with Gasteiger partial charge in [0, 0.05) is 11.6 Å². The Labute approximate surface area is 184 Å². The van der Waals surface area contributed by atoms with Crippen molar-refractivity contribution in [2.75, 3.05) is 30.8 Å². The monoisotopic (exact) mass is 415 g/mol. The molecule has 1 saturated heterocycles. The smallest absolute Gasteiger partial charge is 0.255 e. The molecule has 3 aromatic carbocycles. The van der Waals surface area contributed by atoms with E-state index < -0.39 is 0 Å². The number of hydrogen-bond acceptors (Lipinski definition) is 4. The van der Waals surface area contributed by atoms with Crippen LogP contribution < -0.4 is 15.4 Å². The third kappa shape index (κ3) is 5.86. The summed E-state index contributed by atoms with van der Waals surface area (Å²) in [6.07, 6.45) is 2.20. The largest absolute Gasteiger partial charge is 0.489 e. The molecule has 5 heteroatoms.